The number of benzene rings is 2. The Morgan fingerprint density at radius 2 is 1.58 bits per heavy atom. The summed E-state index contributed by atoms with van der Waals surface area (Å²) < 4.78 is 33.4. The van der Waals surface area contributed by atoms with Crippen LogP contribution in [-0.4, -0.2) is 29.4 Å². The molecule has 1 atom stereocenters. The summed E-state index contributed by atoms with van der Waals surface area (Å²) in [5, 5.41) is 4.41. The maximum atomic E-state index is 14.1. The Morgan fingerprint density at radius 1 is 1.00 bits per heavy atom. The van der Waals surface area contributed by atoms with Gasteiger partial charge in [0.15, 0.2) is 0 Å². The molecule has 2 rings (SSSR count). The van der Waals surface area contributed by atoms with Crippen LogP contribution >= 0.6 is 23.2 Å². The first-order valence-corrected chi connectivity index (χ1v) is 9.84. The second kappa shape index (κ2) is 9.62. The molecule has 2 aromatic rings. The number of carbonyl (C=O) groups excluding carboxylic acids is 3. The van der Waals surface area contributed by atoms with Gasteiger partial charge in [-0.15, -0.1) is 0 Å². The highest BCUT2D eigenvalue weighted by Crippen LogP contribution is 2.34. The number of hydrogen-bond acceptors (Lipinski definition) is 4. The van der Waals surface area contributed by atoms with Gasteiger partial charge in [0.25, 0.3) is 0 Å². The second-order valence-corrected chi connectivity index (χ2v) is 8.35. The van der Waals surface area contributed by atoms with E-state index in [9.17, 15) is 23.2 Å². The summed E-state index contributed by atoms with van der Waals surface area (Å²) in [5.74, 6) is -4.03. The number of alkyl carbamates (subject to hydrolysis) is 1. The zero-order chi connectivity index (χ0) is 23.5. The summed E-state index contributed by atoms with van der Waals surface area (Å²) in [7, 11) is 0. The van der Waals surface area contributed by atoms with E-state index in [1.165, 1.54) is 19.1 Å². The molecule has 0 radical (unpaired) electrons. The Balaban J connectivity index is 2.34. The van der Waals surface area contributed by atoms with Crippen LogP contribution in [0.2, 0.25) is 10.0 Å². The maximum Gasteiger partial charge on any atom is 0.408 e. The van der Waals surface area contributed by atoms with Crippen molar-refractivity contribution in [2.24, 2.45) is 0 Å². The van der Waals surface area contributed by atoms with Gasteiger partial charge in [0.1, 0.15) is 23.3 Å². The monoisotopic (exact) mass is 472 g/mol. The molecule has 0 bridgehead atoms. The van der Waals surface area contributed by atoms with Crippen molar-refractivity contribution in [3.63, 3.8) is 0 Å². The predicted molar refractivity (Wildman–Crippen MR) is 114 cm³/mol. The minimum Gasteiger partial charge on any atom is -0.444 e. The summed E-state index contributed by atoms with van der Waals surface area (Å²) in [6.45, 7) is 6.36. The number of ketones is 1. The minimum atomic E-state index is -1.11. The van der Waals surface area contributed by atoms with Gasteiger partial charge < -0.3 is 15.4 Å². The van der Waals surface area contributed by atoms with Crippen molar-refractivity contribution in [3.8, 4) is 0 Å². The van der Waals surface area contributed by atoms with Crippen LogP contribution in [0.15, 0.2) is 30.3 Å². The van der Waals surface area contributed by atoms with Crippen LogP contribution in [0.1, 0.15) is 43.6 Å². The Labute approximate surface area is 187 Å². The second-order valence-electron chi connectivity index (χ2n) is 7.57. The highest BCUT2D eigenvalue weighted by Gasteiger charge is 2.27. The molecule has 0 aliphatic heterocycles. The topological polar surface area (TPSA) is 84.5 Å². The van der Waals surface area contributed by atoms with Crippen molar-refractivity contribution in [1.82, 2.24) is 5.32 Å². The third-order valence-electron chi connectivity index (χ3n) is 3.90. The molecule has 2 aromatic carbocycles. The minimum absolute atomic E-state index is 0.0558. The van der Waals surface area contributed by atoms with Crippen molar-refractivity contribution >= 4 is 46.7 Å². The number of halogens is 4. The molecule has 0 aliphatic rings. The van der Waals surface area contributed by atoms with Crippen LogP contribution in [0.5, 0.6) is 0 Å². The highest BCUT2D eigenvalue weighted by molar-refractivity contribution is 6.45. The van der Waals surface area contributed by atoms with Gasteiger partial charge in [-0.3, -0.25) is 9.59 Å². The molecular formula is C21H20Cl2F2N2O4. The molecule has 31 heavy (non-hydrogen) atoms. The lowest BCUT2D eigenvalue weighted by atomic mass is 10.00. The predicted octanol–water partition coefficient (Wildman–Crippen LogP) is 5.35. The van der Waals surface area contributed by atoms with Crippen molar-refractivity contribution in [2.75, 3.05) is 5.32 Å². The molecule has 0 aliphatic carbocycles. The van der Waals surface area contributed by atoms with E-state index < -0.39 is 52.2 Å². The molecule has 0 unspecified atom stereocenters. The number of nitrogens with one attached hydrogen (secondary N) is 2. The first-order chi connectivity index (χ1) is 14.3. The van der Waals surface area contributed by atoms with Crippen LogP contribution in [0.4, 0.5) is 19.3 Å². The Hall–Kier alpha value is -2.71. The van der Waals surface area contributed by atoms with Crippen molar-refractivity contribution in [3.05, 3.63) is 63.1 Å². The Kier molecular flexibility index (Phi) is 7.62. The standard InChI is InChI=1S/C21H20Cl2F2N2O4/c1-10(26-20(30)31-21(2,3)4)19(29)27-14-9-8-11(22)17(23)16(14)18(28)15-12(24)6-5-7-13(15)25/h5-10H,1-4H3,(H,26,30)(H,27,29)/t10-/m0/s1. The van der Waals surface area contributed by atoms with E-state index in [-0.39, 0.29) is 15.7 Å². The fraction of sp³-hybridized carbons (Fsp3) is 0.286. The molecule has 0 spiro atoms. The summed E-state index contributed by atoms with van der Waals surface area (Å²) in [6, 6.07) is 4.43. The maximum absolute atomic E-state index is 14.1. The van der Waals surface area contributed by atoms with Crippen LogP contribution in [0.3, 0.4) is 0 Å². The van der Waals surface area contributed by atoms with Crippen molar-refractivity contribution < 1.29 is 27.9 Å². The van der Waals surface area contributed by atoms with E-state index >= 15 is 0 Å². The smallest absolute Gasteiger partial charge is 0.408 e. The van der Waals surface area contributed by atoms with Crippen LogP contribution in [-0.2, 0) is 9.53 Å². The summed E-state index contributed by atoms with van der Waals surface area (Å²) in [6.07, 6.45) is -0.825. The zero-order valence-corrected chi connectivity index (χ0v) is 18.6. The lowest BCUT2D eigenvalue weighted by Crippen LogP contribution is -2.44. The molecule has 166 valence electrons. The average molecular weight is 473 g/mol. The number of hydrogen-bond donors (Lipinski definition) is 2. The lowest BCUT2D eigenvalue weighted by Gasteiger charge is -2.22. The number of ether oxygens (including phenoxy) is 1. The fourth-order valence-electron chi connectivity index (χ4n) is 2.51. The lowest BCUT2D eigenvalue weighted by molar-refractivity contribution is -0.117. The largest absolute Gasteiger partial charge is 0.444 e. The molecule has 0 saturated carbocycles. The van der Waals surface area contributed by atoms with E-state index in [2.05, 4.69) is 10.6 Å². The summed E-state index contributed by atoms with van der Waals surface area (Å²) >= 11 is 12.1. The van der Waals surface area contributed by atoms with Crippen molar-refractivity contribution in [1.29, 1.82) is 0 Å². The molecule has 0 aromatic heterocycles. The average Bonchev–Trinajstić information content (AvgIpc) is 2.62. The first-order valence-electron chi connectivity index (χ1n) is 9.09. The first kappa shape index (κ1) is 24.6. The normalized spacial score (nSPS) is 12.1. The SMILES string of the molecule is C[C@H](NC(=O)OC(C)(C)C)C(=O)Nc1ccc(Cl)c(Cl)c1C(=O)c1c(F)cccc1F. The molecule has 2 N–H and O–H groups in total. The summed E-state index contributed by atoms with van der Waals surface area (Å²) in [4.78, 5) is 37.3. The molecular weight excluding hydrogens is 453 g/mol. The van der Waals surface area contributed by atoms with Gasteiger partial charge in [0, 0.05) is 0 Å². The molecule has 10 heteroatoms. The molecule has 0 heterocycles. The quantitative estimate of drug-likeness (QED) is 0.574. The molecule has 0 fully saturated rings. The van der Waals surface area contributed by atoms with E-state index in [0.717, 1.165) is 18.2 Å². The van der Waals surface area contributed by atoms with E-state index in [1.54, 1.807) is 20.8 Å². The third kappa shape index (κ3) is 6.15. The number of amides is 2. The van der Waals surface area contributed by atoms with E-state index in [4.69, 9.17) is 27.9 Å². The molecule has 6 nitrogen and oxygen atoms in total. The number of anilines is 1. The van der Waals surface area contributed by atoms with Gasteiger partial charge in [-0.1, -0.05) is 29.3 Å². The van der Waals surface area contributed by atoms with Gasteiger partial charge >= 0.3 is 6.09 Å². The zero-order valence-electron chi connectivity index (χ0n) is 17.1. The highest BCUT2D eigenvalue weighted by atomic mass is 35.5. The van der Waals surface area contributed by atoms with Gasteiger partial charge in [-0.05, 0) is 52.0 Å². The molecule has 0 saturated heterocycles. The van der Waals surface area contributed by atoms with Gasteiger partial charge in [0.2, 0.25) is 11.7 Å². The van der Waals surface area contributed by atoms with Crippen molar-refractivity contribution in [2.45, 2.75) is 39.3 Å². The van der Waals surface area contributed by atoms with Gasteiger partial charge in [0.05, 0.1) is 26.9 Å². The van der Waals surface area contributed by atoms with Gasteiger partial charge in [-0.25, -0.2) is 13.6 Å². The van der Waals surface area contributed by atoms with Crippen LogP contribution in [0.25, 0.3) is 0 Å². The number of rotatable bonds is 5. The van der Waals surface area contributed by atoms with Crippen LogP contribution in [0, 0.1) is 11.6 Å². The Bertz CT molecular complexity index is 1020. The molecule has 2 amide bonds. The Morgan fingerprint density at radius 3 is 2.13 bits per heavy atom. The van der Waals surface area contributed by atoms with E-state index in [1.807, 2.05) is 0 Å². The van der Waals surface area contributed by atoms with Gasteiger partial charge in [-0.2, -0.15) is 0 Å². The van der Waals surface area contributed by atoms with Crippen LogP contribution < -0.4 is 10.6 Å². The number of carbonyl (C=O) groups is 3. The van der Waals surface area contributed by atoms with E-state index in [0.29, 0.717) is 0 Å². The fourth-order valence-corrected chi connectivity index (χ4v) is 2.92. The summed E-state index contributed by atoms with van der Waals surface area (Å²) in [5.41, 5.74) is -2.14. The third-order valence-corrected chi connectivity index (χ3v) is 4.70.